The first-order valence-corrected chi connectivity index (χ1v) is 7.86. The molecule has 0 spiro atoms. The van der Waals surface area contributed by atoms with Crippen molar-refractivity contribution >= 4 is 15.7 Å². The second-order valence-electron chi connectivity index (χ2n) is 4.21. The van der Waals surface area contributed by atoms with E-state index in [1.165, 1.54) is 0 Å². The molecule has 1 N–H and O–H groups in total. The summed E-state index contributed by atoms with van der Waals surface area (Å²) in [6.07, 6.45) is 1.42. The van der Waals surface area contributed by atoms with Crippen LogP contribution in [0.15, 0.2) is 30.3 Å². The molecular weight excluding hydrogens is 250 g/mol. The van der Waals surface area contributed by atoms with Gasteiger partial charge in [0, 0.05) is 6.54 Å². The Balaban J connectivity index is 2.38. The lowest BCUT2D eigenvalue weighted by Crippen LogP contribution is -2.30. The van der Waals surface area contributed by atoms with E-state index in [-0.39, 0.29) is 5.75 Å². The molecule has 1 aromatic rings. The number of carbonyl (C=O) groups is 1. The largest absolute Gasteiger partial charge is 0.351 e. The van der Waals surface area contributed by atoms with E-state index < -0.39 is 21.5 Å². The topological polar surface area (TPSA) is 63.2 Å². The Labute approximate surface area is 108 Å². The van der Waals surface area contributed by atoms with Crippen LogP contribution >= 0.6 is 0 Å². The SMILES string of the molecule is CCCCS(=O)(=O)CC(=O)NCc1ccccc1. The molecule has 1 rings (SSSR count). The van der Waals surface area contributed by atoms with Crippen LogP contribution in [0.4, 0.5) is 0 Å². The molecule has 0 aliphatic carbocycles. The van der Waals surface area contributed by atoms with Gasteiger partial charge in [-0.2, -0.15) is 0 Å². The number of nitrogens with one attached hydrogen (secondary N) is 1. The van der Waals surface area contributed by atoms with Crippen molar-refractivity contribution in [2.24, 2.45) is 0 Å². The van der Waals surface area contributed by atoms with Gasteiger partial charge < -0.3 is 5.32 Å². The van der Waals surface area contributed by atoms with E-state index in [0.717, 1.165) is 12.0 Å². The maximum absolute atomic E-state index is 11.6. The van der Waals surface area contributed by atoms with Crippen LogP contribution in [0.25, 0.3) is 0 Å². The maximum Gasteiger partial charge on any atom is 0.235 e. The van der Waals surface area contributed by atoms with E-state index in [9.17, 15) is 13.2 Å². The summed E-state index contributed by atoms with van der Waals surface area (Å²) in [6.45, 7) is 2.29. The number of hydrogen-bond donors (Lipinski definition) is 1. The fourth-order valence-electron chi connectivity index (χ4n) is 1.48. The van der Waals surface area contributed by atoms with Gasteiger partial charge >= 0.3 is 0 Å². The van der Waals surface area contributed by atoms with Crippen LogP contribution < -0.4 is 5.32 Å². The highest BCUT2D eigenvalue weighted by molar-refractivity contribution is 7.92. The van der Waals surface area contributed by atoms with Gasteiger partial charge in [-0.3, -0.25) is 4.79 Å². The average molecular weight is 269 g/mol. The van der Waals surface area contributed by atoms with Crippen LogP contribution in [-0.4, -0.2) is 25.8 Å². The Morgan fingerprint density at radius 1 is 1.22 bits per heavy atom. The lowest BCUT2D eigenvalue weighted by Gasteiger charge is -2.06. The summed E-state index contributed by atoms with van der Waals surface area (Å²) in [5, 5.41) is 2.61. The fourth-order valence-corrected chi connectivity index (χ4v) is 2.86. The predicted octanol–water partition coefficient (Wildman–Crippen LogP) is 1.52. The Hall–Kier alpha value is -1.36. The fraction of sp³-hybridized carbons (Fsp3) is 0.462. The van der Waals surface area contributed by atoms with Crippen LogP contribution in [0, 0.1) is 0 Å². The maximum atomic E-state index is 11.6. The number of benzene rings is 1. The minimum atomic E-state index is -3.26. The third-order valence-electron chi connectivity index (χ3n) is 2.49. The number of sulfone groups is 1. The highest BCUT2D eigenvalue weighted by Gasteiger charge is 2.15. The number of hydrogen-bond acceptors (Lipinski definition) is 3. The molecule has 0 aliphatic heterocycles. The Kier molecular flexibility index (Phi) is 5.85. The smallest absolute Gasteiger partial charge is 0.235 e. The average Bonchev–Trinajstić information content (AvgIpc) is 2.35. The standard InChI is InChI=1S/C13H19NO3S/c1-2-3-9-18(16,17)11-13(15)14-10-12-7-5-4-6-8-12/h4-8H,2-3,9-11H2,1H3,(H,14,15). The van der Waals surface area contributed by atoms with E-state index in [2.05, 4.69) is 5.32 Å². The first-order valence-electron chi connectivity index (χ1n) is 6.04. The van der Waals surface area contributed by atoms with Gasteiger partial charge in [0.2, 0.25) is 5.91 Å². The molecule has 1 amide bonds. The molecule has 1 aromatic carbocycles. The zero-order valence-electron chi connectivity index (χ0n) is 10.6. The minimum Gasteiger partial charge on any atom is -0.351 e. The highest BCUT2D eigenvalue weighted by Crippen LogP contribution is 1.99. The van der Waals surface area contributed by atoms with E-state index in [1.54, 1.807) is 0 Å². The summed E-state index contributed by atoms with van der Waals surface area (Å²) in [4.78, 5) is 11.5. The van der Waals surface area contributed by atoms with Gasteiger partial charge in [-0.25, -0.2) is 8.42 Å². The summed E-state index contributed by atoms with van der Waals surface area (Å²) in [7, 11) is -3.26. The van der Waals surface area contributed by atoms with Gasteiger partial charge in [-0.1, -0.05) is 43.7 Å². The monoisotopic (exact) mass is 269 g/mol. The second-order valence-corrected chi connectivity index (χ2v) is 6.39. The quantitative estimate of drug-likeness (QED) is 0.816. The molecule has 100 valence electrons. The predicted molar refractivity (Wildman–Crippen MR) is 71.9 cm³/mol. The number of amides is 1. The summed E-state index contributed by atoms with van der Waals surface area (Å²) < 4.78 is 23.1. The number of unbranched alkanes of at least 4 members (excludes halogenated alkanes) is 1. The Bertz CT molecular complexity index is 468. The van der Waals surface area contributed by atoms with Crippen molar-refractivity contribution in [2.75, 3.05) is 11.5 Å². The van der Waals surface area contributed by atoms with E-state index in [4.69, 9.17) is 0 Å². The van der Waals surface area contributed by atoms with E-state index in [1.807, 2.05) is 37.3 Å². The number of rotatable bonds is 7. The van der Waals surface area contributed by atoms with Gasteiger partial charge in [-0.15, -0.1) is 0 Å². The van der Waals surface area contributed by atoms with Crippen LogP contribution in [-0.2, 0) is 21.2 Å². The third kappa shape index (κ3) is 5.82. The molecule has 4 nitrogen and oxygen atoms in total. The lowest BCUT2D eigenvalue weighted by molar-refractivity contribution is -0.118. The van der Waals surface area contributed by atoms with Crippen molar-refractivity contribution in [1.82, 2.24) is 5.32 Å². The first kappa shape index (κ1) is 14.7. The summed E-state index contributed by atoms with van der Waals surface area (Å²) in [6, 6.07) is 9.40. The molecule has 0 atom stereocenters. The molecule has 18 heavy (non-hydrogen) atoms. The van der Waals surface area contributed by atoms with Crippen LogP contribution in [0.1, 0.15) is 25.3 Å². The number of carbonyl (C=O) groups excluding carboxylic acids is 1. The normalized spacial score (nSPS) is 11.2. The van der Waals surface area contributed by atoms with Gasteiger partial charge in [0.05, 0.1) is 5.75 Å². The van der Waals surface area contributed by atoms with Crippen LogP contribution in [0.2, 0.25) is 0 Å². The van der Waals surface area contributed by atoms with Crippen molar-refractivity contribution in [2.45, 2.75) is 26.3 Å². The lowest BCUT2D eigenvalue weighted by atomic mass is 10.2. The molecule has 0 heterocycles. The molecule has 0 aromatic heterocycles. The third-order valence-corrected chi connectivity index (χ3v) is 4.11. The molecule has 0 unspecified atom stereocenters. The molecule has 0 saturated heterocycles. The molecule has 0 fully saturated rings. The zero-order chi connectivity index (χ0) is 13.4. The molecule has 0 radical (unpaired) electrons. The second kappa shape index (κ2) is 7.16. The molecule has 5 heteroatoms. The van der Waals surface area contributed by atoms with Gasteiger partial charge in [-0.05, 0) is 12.0 Å². The van der Waals surface area contributed by atoms with E-state index >= 15 is 0 Å². The first-order chi connectivity index (χ1) is 8.53. The summed E-state index contributed by atoms with van der Waals surface area (Å²) >= 11 is 0. The zero-order valence-corrected chi connectivity index (χ0v) is 11.4. The van der Waals surface area contributed by atoms with Gasteiger partial charge in [0.25, 0.3) is 0 Å². The molecule has 0 bridgehead atoms. The molecule has 0 aliphatic rings. The Morgan fingerprint density at radius 2 is 1.89 bits per heavy atom. The molecular formula is C13H19NO3S. The van der Waals surface area contributed by atoms with Crippen molar-refractivity contribution in [3.05, 3.63) is 35.9 Å². The van der Waals surface area contributed by atoms with Crippen molar-refractivity contribution in [3.8, 4) is 0 Å². The van der Waals surface area contributed by atoms with Gasteiger partial charge in [0.15, 0.2) is 9.84 Å². The minimum absolute atomic E-state index is 0.0856. The molecule has 0 saturated carbocycles. The van der Waals surface area contributed by atoms with Crippen molar-refractivity contribution in [3.63, 3.8) is 0 Å². The van der Waals surface area contributed by atoms with Crippen LogP contribution in [0.5, 0.6) is 0 Å². The Morgan fingerprint density at radius 3 is 2.50 bits per heavy atom. The van der Waals surface area contributed by atoms with Crippen LogP contribution in [0.3, 0.4) is 0 Å². The highest BCUT2D eigenvalue weighted by atomic mass is 32.2. The van der Waals surface area contributed by atoms with Crippen molar-refractivity contribution in [1.29, 1.82) is 0 Å². The summed E-state index contributed by atoms with van der Waals surface area (Å²) in [5.74, 6) is -0.766. The van der Waals surface area contributed by atoms with Crippen molar-refractivity contribution < 1.29 is 13.2 Å². The van der Waals surface area contributed by atoms with E-state index in [0.29, 0.717) is 13.0 Å². The van der Waals surface area contributed by atoms with Gasteiger partial charge in [0.1, 0.15) is 5.75 Å². The summed E-state index contributed by atoms with van der Waals surface area (Å²) in [5.41, 5.74) is 0.955.